The maximum Gasteiger partial charge on any atom is 0.324 e. The summed E-state index contributed by atoms with van der Waals surface area (Å²) in [6.45, 7) is 5.30. The lowest BCUT2D eigenvalue weighted by molar-refractivity contribution is -0.146. The van der Waals surface area contributed by atoms with Gasteiger partial charge in [0.05, 0.1) is 24.6 Å². The van der Waals surface area contributed by atoms with Crippen LogP contribution in [0.25, 0.3) is 11.3 Å². The molecule has 0 bridgehead atoms. The Kier molecular flexibility index (Phi) is 6.51. The molecular formula is C18H21N3O6. The second-order valence-electron chi connectivity index (χ2n) is 6.55. The summed E-state index contributed by atoms with van der Waals surface area (Å²) >= 11 is 0. The quantitative estimate of drug-likeness (QED) is 0.496. The normalized spacial score (nSPS) is 11.7. The largest absolute Gasteiger partial charge is 0.496 e. The smallest absolute Gasteiger partial charge is 0.324 e. The summed E-state index contributed by atoms with van der Waals surface area (Å²) in [6, 6.07) is 4.28. The highest BCUT2D eigenvalue weighted by atomic mass is 16.7. The van der Waals surface area contributed by atoms with Crippen LogP contribution >= 0.6 is 0 Å². The lowest BCUT2D eigenvalue weighted by Gasteiger charge is -2.25. The topological polar surface area (TPSA) is 115 Å². The predicted molar refractivity (Wildman–Crippen MR) is 96.1 cm³/mol. The third-order valence-electron chi connectivity index (χ3n) is 3.50. The highest BCUT2D eigenvalue weighted by Gasteiger charge is 2.31. The Morgan fingerprint density at radius 3 is 2.63 bits per heavy atom. The van der Waals surface area contributed by atoms with Crippen LogP contribution in [0.3, 0.4) is 0 Å². The molecule has 2 aromatic rings. The first-order valence-electron chi connectivity index (χ1n) is 7.96. The van der Waals surface area contributed by atoms with Crippen molar-refractivity contribution in [1.82, 2.24) is 10.5 Å². The minimum atomic E-state index is -1.04. The lowest BCUT2D eigenvalue weighted by atomic mass is 9.87. The molecule has 9 nitrogen and oxygen atoms in total. The predicted octanol–water partition coefficient (Wildman–Crippen LogP) is 2.63. The van der Waals surface area contributed by atoms with Gasteiger partial charge < -0.3 is 23.9 Å². The molecule has 0 radical (unpaired) electrons. The number of oxazole rings is 1. The average Bonchev–Trinajstić information content (AvgIpc) is 3.13. The summed E-state index contributed by atoms with van der Waals surface area (Å²) in [5.74, 6) is 0.0911. The molecule has 0 saturated carbocycles. The number of carboxylic acid groups (broad SMARTS) is 1. The van der Waals surface area contributed by atoms with Crippen LogP contribution in [0, 0.1) is 17.6 Å². The fourth-order valence-corrected chi connectivity index (χ4v) is 2.12. The van der Waals surface area contributed by atoms with E-state index in [2.05, 4.69) is 28.2 Å². The van der Waals surface area contributed by atoms with Crippen LogP contribution in [0.2, 0.25) is 0 Å². The van der Waals surface area contributed by atoms with Gasteiger partial charge in [-0.15, -0.1) is 5.48 Å². The molecule has 3 N–H and O–H groups in total. The summed E-state index contributed by atoms with van der Waals surface area (Å²) in [4.78, 5) is 24.8. The zero-order chi connectivity index (χ0) is 19.9. The molecule has 1 atom stereocenters. The van der Waals surface area contributed by atoms with E-state index in [-0.39, 0.29) is 0 Å². The number of aromatic nitrogens is 1. The summed E-state index contributed by atoms with van der Waals surface area (Å²) in [7, 11) is 1.53. The first kappa shape index (κ1) is 19.9. The molecule has 9 heteroatoms. The second-order valence-corrected chi connectivity index (χ2v) is 6.55. The number of aliphatic carboxylic acids is 1. The number of hydrogen-bond acceptors (Lipinski definition) is 8. The highest BCUT2D eigenvalue weighted by molar-refractivity contribution is 5.74. The van der Waals surface area contributed by atoms with Crippen molar-refractivity contribution in [3.05, 3.63) is 30.8 Å². The van der Waals surface area contributed by atoms with E-state index in [1.807, 2.05) is 0 Å². The van der Waals surface area contributed by atoms with E-state index in [0.717, 1.165) is 5.56 Å². The Morgan fingerprint density at radius 1 is 1.30 bits per heavy atom. The van der Waals surface area contributed by atoms with Gasteiger partial charge in [-0.05, 0) is 17.5 Å². The van der Waals surface area contributed by atoms with E-state index in [9.17, 15) is 4.79 Å². The first-order valence-corrected chi connectivity index (χ1v) is 7.96. The van der Waals surface area contributed by atoms with E-state index >= 15 is 0 Å². The zero-order valence-electron chi connectivity index (χ0n) is 15.4. The number of nitrogens with zero attached hydrogens (tertiary/aromatic N) is 1. The molecule has 2 rings (SSSR count). The van der Waals surface area contributed by atoms with Gasteiger partial charge in [-0.1, -0.05) is 20.8 Å². The fourth-order valence-electron chi connectivity index (χ4n) is 2.12. The molecule has 0 spiro atoms. The van der Waals surface area contributed by atoms with Gasteiger partial charge in [0.25, 0.3) is 0 Å². The molecule has 144 valence electrons. The number of carbonyl (C=O) groups is 1. The number of ether oxygens (including phenoxy) is 1. The number of carboxylic acids is 1. The van der Waals surface area contributed by atoms with Gasteiger partial charge in [-0.2, -0.15) is 0 Å². The number of nitrogens with one attached hydrogen (secondary N) is 2. The third kappa shape index (κ3) is 5.55. The number of hydroxylamine groups is 1. The molecule has 0 fully saturated rings. The number of benzene rings is 1. The van der Waals surface area contributed by atoms with Crippen molar-refractivity contribution in [3.63, 3.8) is 0 Å². The van der Waals surface area contributed by atoms with Crippen LogP contribution in [0.15, 0.2) is 35.2 Å². The lowest BCUT2D eigenvalue weighted by Crippen LogP contribution is -2.45. The summed E-state index contributed by atoms with van der Waals surface area (Å²) < 4.78 is 10.6. The van der Waals surface area contributed by atoms with Crippen LogP contribution in [0.4, 0.5) is 5.69 Å². The van der Waals surface area contributed by atoms with Crippen molar-refractivity contribution < 1.29 is 28.7 Å². The average molecular weight is 375 g/mol. The maximum atomic E-state index is 11.2. The van der Waals surface area contributed by atoms with Gasteiger partial charge in [-0.25, -0.2) is 10.5 Å². The van der Waals surface area contributed by atoms with Crippen LogP contribution in [-0.4, -0.2) is 29.2 Å². The Morgan fingerprint density at radius 2 is 2.04 bits per heavy atom. The molecule has 1 unspecified atom stereocenters. The molecule has 1 heterocycles. The van der Waals surface area contributed by atoms with Crippen molar-refractivity contribution in [2.24, 2.45) is 5.41 Å². The molecule has 0 aliphatic rings. The van der Waals surface area contributed by atoms with Crippen molar-refractivity contribution in [2.45, 2.75) is 26.8 Å². The third-order valence-corrected chi connectivity index (χ3v) is 3.50. The van der Waals surface area contributed by atoms with Gasteiger partial charge >= 0.3 is 5.97 Å². The van der Waals surface area contributed by atoms with E-state index in [0.29, 0.717) is 17.2 Å². The van der Waals surface area contributed by atoms with Gasteiger partial charge in [0.1, 0.15) is 11.8 Å². The van der Waals surface area contributed by atoms with Crippen LogP contribution in [0.1, 0.15) is 20.8 Å². The molecule has 1 aromatic heterocycles. The van der Waals surface area contributed by atoms with Gasteiger partial charge in [0.2, 0.25) is 0 Å². The van der Waals surface area contributed by atoms with Crippen LogP contribution < -0.4 is 15.7 Å². The minimum Gasteiger partial charge on any atom is -0.496 e. The van der Waals surface area contributed by atoms with E-state index < -0.39 is 17.4 Å². The number of methoxy groups -OCH3 is 1. The Hall–Kier alpha value is -3.38. The SMILES string of the molecule is COc1cc(NOC#CONC(C(=O)O)C(C)(C)C)ccc1-c1cnco1. The summed E-state index contributed by atoms with van der Waals surface area (Å²) in [6.07, 6.45) is 7.38. The zero-order valence-corrected chi connectivity index (χ0v) is 15.4. The molecule has 27 heavy (non-hydrogen) atoms. The number of rotatable bonds is 7. The Labute approximate surface area is 156 Å². The summed E-state index contributed by atoms with van der Waals surface area (Å²) in [5.41, 5.74) is 5.76. The molecule has 0 aliphatic heterocycles. The molecule has 0 saturated heterocycles. The van der Waals surface area contributed by atoms with Crippen molar-refractivity contribution in [2.75, 3.05) is 12.6 Å². The summed E-state index contributed by atoms with van der Waals surface area (Å²) in [5, 5.41) is 9.14. The number of anilines is 1. The van der Waals surface area contributed by atoms with Crippen molar-refractivity contribution >= 4 is 11.7 Å². The molecule has 1 aromatic carbocycles. The van der Waals surface area contributed by atoms with Gasteiger partial charge in [-0.3, -0.25) is 4.79 Å². The van der Waals surface area contributed by atoms with Crippen molar-refractivity contribution in [1.29, 1.82) is 0 Å². The van der Waals surface area contributed by atoms with E-state index in [4.69, 9.17) is 23.9 Å². The minimum absolute atomic E-state index is 0.547. The Bertz CT molecular complexity index is 818. The Balaban J connectivity index is 1.89. The highest BCUT2D eigenvalue weighted by Crippen LogP contribution is 2.32. The van der Waals surface area contributed by atoms with Gasteiger partial charge in [0.15, 0.2) is 24.4 Å². The fraction of sp³-hybridized carbons (Fsp3) is 0.333. The van der Waals surface area contributed by atoms with Crippen molar-refractivity contribution in [3.8, 4) is 29.3 Å². The first-order chi connectivity index (χ1) is 12.8. The molecular weight excluding hydrogens is 354 g/mol. The number of hydrogen-bond donors (Lipinski definition) is 3. The standard InChI is InChI=1S/C18H21N3O6/c1-18(2,3)16(17(22)23)21-27-8-7-26-20-12-5-6-13(14(9-12)24-4)15-10-19-11-25-15/h5-6,9-11,16,20-21H,1-4H3,(H,22,23). The molecule has 0 amide bonds. The van der Waals surface area contributed by atoms with E-state index in [1.165, 1.54) is 13.5 Å². The van der Waals surface area contributed by atoms with Gasteiger partial charge in [0, 0.05) is 6.07 Å². The maximum absolute atomic E-state index is 11.2. The monoisotopic (exact) mass is 375 g/mol. The van der Waals surface area contributed by atoms with Crippen LogP contribution in [0.5, 0.6) is 5.75 Å². The van der Waals surface area contributed by atoms with Crippen LogP contribution in [-0.2, 0) is 14.5 Å². The van der Waals surface area contributed by atoms with E-state index in [1.54, 1.807) is 45.2 Å². The molecule has 0 aliphatic carbocycles. The second kappa shape index (κ2) is 8.82.